The Morgan fingerprint density at radius 1 is 1.17 bits per heavy atom. The number of amides is 1. The molecule has 4 aliphatic rings. The molecule has 10 heteroatoms. The second-order valence-corrected chi connectivity index (χ2v) is 10.7. The number of aryl methyl sites for hydroxylation is 2. The van der Waals surface area contributed by atoms with Crippen molar-refractivity contribution in [1.82, 2.24) is 15.5 Å². The molecule has 2 bridgehead atoms. The average molecular weight is 518 g/mol. The van der Waals surface area contributed by atoms with E-state index in [1.54, 1.807) is 24.3 Å². The number of carbonyl (C=O) groups is 1. The molecule has 3 fully saturated rings. The van der Waals surface area contributed by atoms with Crippen molar-refractivity contribution in [2.75, 3.05) is 0 Å². The van der Waals surface area contributed by atoms with Gasteiger partial charge in [-0.1, -0.05) is 34.4 Å². The molecule has 2 aromatic carbocycles. The summed E-state index contributed by atoms with van der Waals surface area (Å²) in [5.74, 6) is 0.949. The second kappa shape index (κ2) is 8.18. The molecule has 1 amide bonds. The molecule has 3 saturated carbocycles. The highest BCUT2D eigenvalue weighted by Crippen LogP contribution is 2.67. The molecular weight excluding hydrogens is 496 g/mol. The minimum Gasteiger partial charge on any atom is -0.480 e. The number of benzene rings is 2. The Bertz CT molecular complexity index is 1310. The first-order valence-electron chi connectivity index (χ1n) is 11.5. The van der Waals surface area contributed by atoms with Gasteiger partial charge in [0.25, 0.3) is 5.91 Å². The molecule has 2 atom stereocenters. The summed E-state index contributed by atoms with van der Waals surface area (Å²) in [6, 6.07) is 9.74. The maximum absolute atomic E-state index is 13.6. The molecule has 182 valence electrons. The van der Waals surface area contributed by atoms with E-state index in [0.717, 1.165) is 24.8 Å². The van der Waals surface area contributed by atoms with Gasteiger partial charge in [-0.25, -0.2) is 4.39 Å². The molecule has 3 aliphatic carbocycles. The highest BCUT2D eigenvalue weighted by molar-refractivity contribution is 6.31. The molecule has 0 saturated heterocycles. The molecule has 35 heavy (non-hydrogen) atoms. The summed E-state index contributed by atoms with van der Waals surface area (Å²) in [5.41, 5.74) is 0.896. The lowest BCUT2D eigenvalue weighted by molar-refractivity contribution is -0.150. The lowest BCUT2D eigenvalue weighted by atomic mass is 9.39. The van der Waals surface area contributed by atoms with Crippen LogP contribution in [0.15, 0.2) is 40.9 Å². The van der Waals surface area contributed by atoms with Crippen LogP contribution >= 0.6 is 23.2 Å². The van der Waals surface area contributed by atoms with Gasteiger partial charge in [-0.05, 0) is 61.6 Å². The quantitative estimate of drug-likeness (QED) is 0.500. The van der Waals surface area contributed by atoms with Gasteiger partial charge in [0.1, 0.15) is 11.6 Å². The van der Waals surface area contributed by atoms with E-state index < -0.39 is 18.0 Å². The molecule has 0 unspecified atom stereocenters. The van der Waals surface area contributed by atoms with Crippen LogP contribution < -0.4 is 10.1 Å². The van der Waals surface area contributed by atoms with Crippen LogP contribution in [0.5, 0.6) is 5.75 Å². The Hall–Kier alpha value is -2.68. The van der Waals surface area contributed by atoms with E-state index >= 15 is 0 Å². The summed E-state index contributed by atoms with van der Waals surface area (Å²) in [6.07, 6.45) is 1.85. The largest absolute Gasteiger partial charge is 0.480 e. The van der Waals surface area contributed by atoms with Crippen LogP contribution in [-0.2, 0) is 23.1 Å². The lowest BCUT2D eigenvalue weighted by Crippen LogP contribution is -2.77. The fourth-order valence-electron chi connectivity index (χ4n) is 5.59. The van der Waals surface area contributed by atoms with Crippen molar-refractivity contribution in [3.63, 3.8) is 0 Å². The van der Waals surface area contributed by atoms with Crippen LogP contribution in [0.3, 0.4) is 0 Å². The first-order valence-corrected chi connectivity index (χ1v) is 12.2. The van der Waals surface area contributed by atoms with Gasteiger partial charge in [0, 0.05) is 29.0 Å². The Morgan fingerprint density at radius 3 is 2.74 bits per heavy atom. The van der Waals surface area contributed by atoms with E-state index in [4.69, 9.17) is 32.5 Å². The van der Waals surface area contributed by atoms with Crippen molar-refractivity contribution in [1.29, 1.82) is 0 Å². The molecule has 3 aromatic rings. The number of fused-ring (bicyclic) bond motifs is 1. The molecule has 1 aromatic heterocycles. The van der Waals surface area contributed by atoms with Gasteiger partial charge in [0.15, 0.2) is 11.9 Å². The number of aliphatic hydroxyl groups excluding tert-OH is 1. The monoisotopic (exact) mass is 517 g/mol. The highest BCUT2D eigenvalue weighted by atomic mass is 35.5. The van der Waals surface area contributed by atoms with Crippen LogP contribution in [0.4, 0.5) is 4.39 Å². The van der Waals surface area contributed by atoms with Crippen LogP contribution in [0.1, 0.15) is 54.6 Å². The average Bonchev–Trinajstić information content (AvgIpc) is 3.25. The maximum atomic E-state index is 13.6. The van der Waals surface area contributed by atoms with Crippen molar-refractivity contribution in [3.05, 3.63) is 75.1 Å². The van der Waals surface area contributed by atoms with Crippen LogP contribution in [0.25, 0.3) is 0 Å². The minimum atomic E-state index is -0.811. The third-order valence-electron chi connectivity index (χ3n) is 7.29. The van der Waals surface area contributed by atoms with E-state index in [1.807, 2.05) is 0 Å². The number of halogens is 3. The Morgan fingerprint density at radius 2 is 1.97 bits per heavy atom. The molecular formula is C25H22Cl2FN3O4. The van der Waals surface area contributed by atoms with Crippen LogP contribution in [0.2, 0.25) is 10.0 Å². The first kappa shape index (κ1) is 22.8. The maximum Gasteiger partial charge on any atom is 0.261 e. The van der Waals surface area contributed by atoms with E-state index in [1.165, 1.54) is 12.1 Å². The predicted octanol–water partition coefficient (Wildman–Crippen LogP) is 4.48. The SMILES string of the molecule is O=C(NC12CC(c3nc(CCc4ccc(Cl)c(F)c4)no3)(C1)C2)[C@H]1C[C@@H](O)c2cc(Cl)ccc2O1. The number of aliphatic hydroxyl groups is 1. The van der Waals surface area contributed by atoms with Gasteiger partial charge in [0.05, 0.1) is 16.5 Å². The smallest absolute Gasteiger partial charge is 0.261 e. The Kier molecular flexibility index (Phi) is 5.32. The summed E-state index contributed by atoms with van der Waals surface area (Å²) >= 11 is 11.7. The van der Waals surface area contributed by atoms with Gasteiger partial charge in [-0.15, -0.1) is 0 Å². The minimum absolute atomic E-state index is 0.0983. The summed E-state index contributed by atoms with van der Waals surface area (Å²) in [6.45, 7) is 0. The number of nitrogens with zero attached hydrogens (tertiary/aromatic N) is 2. The number of ether oxygens (including phenoxy) is 1. The standard InChI is InChI=1S/C25H22Cl2FN3O4/c26-14-3-5-19-15(8-14)18(32)9-20(34-19)22(33)30-25-10-24(11-25,12-25)23-29-21(31-35-23)6-2-13-1-4-16(27)17(28)7-13/h1,3-5,7-8,18,20,32H,2,6,9-12H2,(H,30,33)/t18-,20-,24?,25?/m1/s1. The molecule has 7 rings (SSSR count). The van der Waals surface area contributed by atoms with Gasteiger partial charge in [-0.2, -0.15) is 4.98 Å². The highest BCUT2D eigenvalue weighted by Gasteiger charge is 2.72. The zero-order valence-electron chi connectivity index (χ0n) is 18.6. The van der Waals surface area contributed by atoms with Gasteiger partial charge >= 0.3 is 0 Å². The Balaban J connectivity index is 1.04. The molecule has 1 aliphatic heterocycles. The fraction of sp³-hybridized carbons (Fsp3) is 0.400. The van der Waals surface area contributed by atoms with Crippen molar-refractivity contribution in [2.24, 2.45) is 0 Å². The second-order valence-electron chi connectivity index (χ2n) is 9.88. The summed E-state index contributed by atoms with van der Waals surface area (Å²) in [5, 5.41) is 18.3. The summed E-state index contributed by atoms with van der Waals surface area (Å²) in [7, 11) is 0. The van der Waals surface area contributed by atoms with Gasteiger partial charge < -0.3 is 19.7 Å². The number of hydrogen-bond donors (Lipinski definition) is 2. The molecule has 2 heterocycles. The topological polar surface area (TPSA) is 97.5 Å². The van der Waals surface area contributed by atoms with Crippen molar-refractivity contribution >= 4 is 29.1 Å². The molecule has 0 radical (unpaired) electrons. The fourth-order valence-corrected chi connectivity index (χ4v) is 5.89. The number of aromatic nitrogens is 2. The Labute approximate surface area is 210 Å². The number of carbonyl (C=O) groups excluding carboxylic acids is 1. The third kappa shape index (κ3) is 3.97. The van der Waals surface area contributed by atoms with E-state index in [2.05, 4.69) is 15.5 Å². The number of nitrogens with one attached hydrogen (secondary N) is 1. The summed E-state index contributed by atoms with van der Waals surface area (Å²) < 4.78 is 25.0. The predicted molar refractivity (Wildman–Crippen MR) is 125 cm³/mol. The van der Waals surface area contributed by atoms with Gasteiger partial charge in [-0.3, -0.25) is 4.79 Å². The molecule has 0 spiro atoms. The third-order valence-corrected chi connectivity index (χ3v) is 7.83. The number of hydrogen-bond acceptors (Lipinski definition) is 6. The van der Waals surface area contributed by atoms with Crippen molar-refractivity contribution in [2.45, 2.75) is 61.7 Å². The summed E-state index contributed by atoms with van der Waals surface area (Å²) in [4.78, 5) is 17.5. The normalized spacial score (nSPS) is 28.3. The lowest BCUT2D eigenvalue weighted by Gasteiger charge is -2.68. The van der Waals surface area contributed by atoms with E-state index in [-0.39, 0.29) is 28.3 Å². The zero-order chi connectivity index (χ0) is 24.4. The molecule has 2 N–H and O–H groups in total. The number of rotatable bonds is 6. The molecule has 7 nitrogen and oxygen atoms in total. The van der Waals surface area contributed by atoms with Crippen molar-refractivity contribution in [3.8, 4) is 5.75 Å². The van der Waals surface area contributed by atoms with Crippen LogP contribution in [-0.4, -0.2) is 32.8 Å². The van der Waals surface area contributed by atoms with Crippen molar-refractivity contribution < 1.29 is 23.6 Å². The van der Waals surface area contributed by atoms with E-state index in [9.17, 15) is 14.3 Å². The van der Waals surface area contributed by atoms with Gasteiger partial charge in [0.2, 0.25) is 5.89 Å². The zero-order valence-corrected chi connectivity index (χ0v) is 20.1. The van der Waals surface area contributed by atoms with Crippen LogP contribution in [0, 0.1) is 5.82 Å². The first-order chi connectivity index (χ1) is 16.7. The van der Waals surface area contributed by atoms with E-state index in [0.29, 0.717) is 40.9 Å².